The van der Waals surface area contributed by atoms with Crippen molar-refractivity contribution in [2.24, 2.45) is 0 Å². The second-order valence-electron chi connectivity index (χ2n) is 6.26. The van der Waals surface area contributed by atoms with Gasteiger partial charge in [-0.05, 0) is 29.2 Å². The first-order chi connectivity index (χ1) is 11.9. The van der Waals surface area contributed by atoms with Crippen LogP contribution >= 0.6 is 0 Å². The summed E-state index contributed by atoms with van der Waals surface area (Å²) in [7, 11) is 0. The van der Waals surface area contributed by atoms with Crippen molar-refractivity contribution in [2.45, 2.75) is 18.4 Å². The van der Waals surface area contributed by atoms with Crippen LogP contribution in [0.15, 0.2) is 48.5 Å². The summed E-state index contributed by atoms with van der Waals surface area (Å²) in [5.41, 5.74) is 2.40. The first kappa shape index (κ1) is 17.0. The van der Waals surface area contributed by atoms with E-state index in [2.05, 4.69) is 5.32 Å². The molecule has 0 aromatic heterocycles. The van der Waals surface area contributed by atoms with Crippen molar-refractivity contribution in [3.63, 3.8) is 0 Å². The molecule has 0 radical (unpaired) electrons. The molecule has 1 amide bonds. The highest BCUT2D eigenvalue weighted by Crippen LogP contribution is 2.44. The maximum Gasteiger partial charge on any atom is 0.407 e. The van der Waals surface area contributed by atoms with Crippen LogP contribution in [0.1, 0.15) is 24.0 Å². The molecular formula is C19H19NO5. The van der Waals surface area contributed by atoms with E-state index in [1.165, 1.54) is 0 Å². The summed E-state index contributed by atoms with van der Waals surface area (Å²) in [5.74, 6) is -1.48. The first-order valence-corrected chi connectivity index (χ1v) is 7.95. The number of hydrogen-bond acceptors (Lipinski definition) is 4. The molecule has 0 bridgehead atoms. The number of aliphatic hydroxyl groups is 1. The summed E-state index contributed by atoms with van der Waals surface area (Å²) in [4.78, 5) is 22.7. The maximum atomic E-state index is 11.9. The van der Waals surface area contributed by atoms with Crippen LogP contribution in [0.4, 0.5) is 4.79 Å². The lowest BCUT2D eigenvalue weighted by Crippen LogP contribution is -2.46. The lowest BCUT2D eigenvalue weighted by Gasteiger charge is -2.19. The number of benzene rings is 2. The molecule has 6 nitrogen and oxygen atoms in total. The molecule has 2 aromatic rings. The molecule has 2 aromatic carbocycles. The van der Waals surface area contributed by atoms with Crippen LogP contribution in [0.5, 0.6) is 0 Å². The molecule has 25 heavy (non-hydrogen) atoms. The Morgan fingerprint density at radius 2 is 1.60 bits per heavy atom. The van der Waals surface area contributed by atoms with Crippen molar-refractivity contribution >= 4 is 12.1 Å². The zero-order valence-electron chi connectivity index (χ0n) is 13.7. The van der Waals surface area contributed by atoms with Crippen LogP contribution in [0.3, 0.4) is 0 Å². The molecule has 3 N–H and O–H groups in total. The minimum Gasteiger partial charge on any atom is -0.479 e. The van der Waals surface area contributed by atoms with Gasteiger partial charge < -0.3 is 20.3 Å². The van der Waals surface area contributed by atoms with Crippen molar-refractivity contribution < 1.29 is 24.5 Å². The third-order valence-corrected chi connectivity index (χ3v) is 4.38. The molecule has 0 fully saturated rings. The highest BCUT2D eigenvalue weighted by Gasteiger charge is 2.32. The van der Waals surface area contributed by atoms with Crippen molar-refractivity contribution in [3.8, 4) is 11.1 Å². The van der Waals surface area contributed by atoms with Crippen molar-refractivity contribution in [1.29, 1.82) is 0 Å². The Morgan fingerprint density at radius 3 is 2.12 bits per heavy atom. The molecule has 3 rings (SSSR count). The van der Waals surface area contributed by atoms with E-state index in [9.17, 15) is 14.7 Å². The monoisotopic (exact) mass is 341 g/mol. The Morgan fingerprint density at radius 1 is 1.08 bits per heavy atom. The standard InChI is InChI=1S/C19H19NO5/c1-19(24,17(21)22)11-20-18(23)25-10-16-14-8-4-2-6-12(14)13-7-3-5-9-15(13)16/h2-9,16,24H,10-11H2,1H3,(H,20,23)(H,21,22). The van der Waals surface area contributed by atoms with Gasteiger partial charge in [-0.3, -0.25) is 0 Å². The van der Waals surface area contributed by atoms with E-state index < -0.39 is 24.2 Å². The van der Waals surface area contributed by atoms with E-state index in [1.54, 1.807) is 0 Å². The number of alkyl carbamates (subject to hydrolysis) is 1. The number of carbonyl (C=O) groups is 2. The highest BCUT2D eigenvalue weighted by molar-refractivity contribution is 5.79. The molecule has 1 aliphatic rings. The quantitative estimate of drug-likeness (QED) is 0.776. The fourth-order valence-corrected chi connectivity index (χ4v) is 2.97. The number of carboxylic acids is 1. The van der Waals surface area contributed by atoms with Crippen molar-refractivity contribution in [1.82, 2.24) is 5.32 Å². The van der Waals surface area contributed by atoms with E-state index >= 15 is 0 Å². The number of ether oxygens (including phenoxy) is 1. The lowest BCUT2D eigenvalue weighted by atomic mass is 9.98. The van der Waals surface area contributed by atoms with Crippen molar-refractivity contribution in [2.75, 3.05) is 13.2 Å². The zero-order chi connectivity index (χ0) is 18.0. The maximum absolute atomic E-state index is 11.9. The van der Waals surface area contributed by atoms with Gasteiger partial charge in [-0.2, -0.15) is 0 Å². The summed E-state index contributed by atoms with van der Waals surface area (Å²) < 4.78 is 5.26. The van der Waals surface area contributed by atoms with Gasteiger partial charge in [0.15, 0.2) is 5.60 Å². The third kappa shape index (κ3) is 3.34. The average Bonchev–Trinajstić information content (AvgIpc) is 2.92. The topological polar surface area (TPSA) is 95.9 Å². The first-order valence-electron chi connectivity index (χ1n) is 7.95. The fourth-order valence-electron chi connectivity index (χ4n) is 2.97. The van der Waals surface area contributed by atoms with Crippen LogP contribution in [0, 0.1) is 0 Å². The third-order valence-electron chi connectivity index (χ3n) is 4.38. The molecule has 0 saturated heterocycles. The molecule has 1 atom stereocenters. The molecule has 130 valence electrons. The normalized spacial score (nSPS) is 15.0. The largest absolute Gasteiger partial charge is 0.479 e. The van der Waals surface area contributed by atoms with Crippen molar-refractivity contribution in [3.05, 3.63) is 59.7 Å². The molecule has 0 spiro atoms. The second kappa shape index (κ2) is 6.57. The summed E-state index contributed by atoms with van der Waals surface area (Å²) >= 11 is 0. The van der Waals surface area contributed by atoms with Crippen LogP contribution in [-0.2, 0) is 9.53 Å². The van der Waals surface area contributed by atoms with E-state index in [0.29, 0.717) is 0 Å². The predicted octanol–water partition coefficient (Wildman–Crippen LogP) is 2.36. The second-order valence-corrected chi connectivity index (χ2v) is 6.26. The highest BCUT2D eigenvalue weighted by atomic mass is 16.5. The molecular weight excluding hydrogens is 322 g/mol. The van der Waals surface area contributed by atoms with Gasteiger partial charge >= 0.3 is 12.1 Å². The Kier molecular flexibility index (Phi) is 4.46. The molecule has 1 unspecified atom stereocenters. The van der Waals surface area contributed by atoms with Gasteiger partial charge in [0, 0.05) is 5.92 Å². The summed E-state index contributed by atoms with van der Waals surface area (Å²) in [6, 6.07) is 15.9. The Hall–Kier alpha value is -2.86. The van der Waals surface area contributed by atoms with E-state index in [-0.39, 0.29) is 12.5 Å². The fraction of sp³-hybridized carbons (Fsp3) is 0.263. The summed E-state index contributed by atoms with van der Waals surface area (Å²) in [5, 5.41) is 20.7. The van der Waals surface area contributed by atoms with Crippen LogP contribution < -0.4 is 5.32 Å². The summed E-state index contributed by atoms with van der Waals surface area (Å²) in [6.45, 7) is 0.813. The van der Waals surface area contributed by atoms with Gasteiger partial charge in [0.1, 0.15) is 6.61 Å². The number of carboxylic acid groups (broad SMARTS) is 1. The van der Waals surface area contributed by atoms with E-state index in [0.717, 1.165) is 29.2 Å². The van der Waals surface area contributed by atoms with Gasteiger partial charge in [0.05, 0.1) is 6.54 Å². The number of rotatable bonds is 5. The van der Waals surface area contributed by atoms with E-state index in [4.69, 9.17) is 9.84 Å². The number of nitrogens with one attached hydrogen (secondary N) is 1. The SMILES string of the molecule is CC(O)(CNC(=O)OCC1c2ccccc2-c2ccccc21)C(=O)O. The molecule has 0 aliphatic heterocycles. The van der Waals surface area contributed by atoms with Gasteiger partial charge in [0.25, 0.3) is 0 Å². The number of fused-ring (bicyclic) bond motifs is 3. The summed E-state index contributed by atoms with van der Waals surface area (Å²) in [6.07, 6.45) is -0.761. The lowest BCUT2D eigenvalue weighted by molar-refractivity contribution is -0.155. The Bertz CT molecular complexity index is 769. The number of aliphatic carboxylic acids is 1. The van der Waals surface area contributed by atoms with Gasteiger partial charge in [-0.25, -0.2) is 9.59 Å². The van der Waals surface area contributed by atoms with Crippen LogP contribution in [0.2, 0.25) is 0 Å². The Balaban J connectivity index is 1.68. The predicted molar refractivity (Wildman–Crippen MR) is 91.3 cm³/mol. The Labute approximate surface area is 145 Å². The molecule has 0 saturated carbocycles. The van der Waals surface area contributed by atoms with Crippen LogP contribution in [0.25, 0.3) is 11.1 Å². The molecule has 0 heterocycles. The van der Waals surface area contributed by atoms with Gasteiger partial charge in [-0.15, -0.1) is 0 Å². The molecule has 1 aliphatic carbocycles. The number of carbonyl (C=O) groups excluding carboxylic acids is 1. The number of hydrogen-bond donors (Lipinski definition) is 3. The van der Waals surface area contributed by atoms with Crippen LogP contribution in [-0.4, -0.2) is 41.0 Å². The zero-order valence-corrected chi connectivity index (χ0v) is 13.7. The average molecular weight is 341 g/mol. The van der Waals surface area contributed by atoms with E-state index in [1.807, 2.05) is 48.5 Å². The minimum atomic E-state index is -2.04. The molecule has 6 heteroatoms. The number of amides is 1. The minimum absolute atomic E-state index is 0.0712. The van der Waals surface area contributed by atoms with Gasteiger partial charge in [0.2, 0.25) is 0 Å². The smallest absolute Gasteiger partial charge is 0.407 e. The van der Waals surface area contributed by atoms with Gasteiger partial charge in [-0.1, -0.05) is 48.5 Å².